The quantitative estimate of drug-likeness (QED) is 0.810. The van der Waals surface area contributed by atoms with Gasteiger partial charge in [-0.3, -0.25) is 0 Å². The molecule has 0 radical (unpaired) electrons. The van der Waals surface area contributed by atoms with Crippen molar-refractivity contribution in [2.75, 3.05) is 14.2 Å². The summed E-state index contributed by atoms with van der Waals surface area (Å²) < 4.78 is 10.5. The average molecular weight is 252 g/mol. The highest BCUT2D eigenvalue weighted by atomic mass is 16.5. The molecule has 1 atom stereocenters. The molecule has 0 saturated heterocycles. The SMILES string of the molecule is COCc1ccccc1C(O)CCC(C)(C)OC. The molecule has 0 spiro atoms. The maximum Gasteiger partial charge on any atom is 0.0794 e. The topological polar surface area (TPSA) is 38.7 Å². The van der Waals surface area contributed by atoms with Crippen molar-refractivity contribution in [3.05, 3.63) is 35.4 Å². The van der Waals surface area contributed by atoms with Gasteiger partial charge in [0.2, 0.25) is 0 Å². The Morgan fingerprint density at radius 2 is 1.89 bits per heavy atom. The lowest BCUT2D eigenvalue weighted by atomic mass is 9.94. The minimum Gasteiger partial charge on any atom is -0.388 e. The number of aliphatic hydroxyl groups is 1. The second kappa shape index (κ2) is 6.88. The fourth-order valence-corrected chi connectivity index (χ4v) is 1.89. The number of ether oxygens (including phenoxy) is 2. The summed E-state index contributed by atoms with van der Waals surface area (Å²) in [6, 6.07) is 7.85. The summed E-state index contributed by atoms with van der Waals surface area (Å²) in [5.41, 5.74) is 1.80. The third-order valence-electron chi connectivity index (χ3n) is 3.29. The van der Waals surface area contributed by atoms with Crippen molar-refractivity contribution in [3.8, 4) is 0 Å². The van der Waals surface area contributed by atoms with E-state index in [9.17, 15) is 5.11 Å². The Hall–Kier alpha value is -0.900. The summed E-state index contributed by atoms with van der Waals surface area (Å²) in [7, 11) is 3.36. The van der Waals surface area contributed by atoms with Crippen molar-refractivity contribution in [1.29, 1.82) is 0 Å². The van der Waals surface area contributed by atoms with Crippen LogP contribution in [-0.2, 0) is 16.1 Å². The summed E-state index contributed by atoms with van der Waals surface area (Å²) in [4.78, 5) is 0. The van der Waals surface area contributed by atoms with E-state index in [-0.39, 0.29) is 5.60 Å². The summed E-state index contributed by atoms with van der Waals surface area (Å²) in [6.07, 6.45) is 1.03. The zero-order valence-corrected chi connectivity index (χ0v) is 11.8. The van der Waals surface area contributed by atoms with E-state index in [2.05, 4.69) is 0 Å². The van der Waals surface area contributed by atoms with Gasteiger partial charge in [-0.15, -0.1) is 0 Å². The number of hydrogen-bond acceptors (Lipinski definition) is 3. The number of rotatable bonds is 7. The first-order valence-electron chi connectivity index (χ1n) is 6.30. The van der Waals surface area contributed by atoms with E-state index in [4.69, 9.17) is 9.47 Å². The molecule has 1 aromatic carbocycles. The largest absolute Gasteiger partial charge is 0.388 e. The van der Waals surface area contributed by atoms with Gasteiger partial charge in [-0.1, -0.05) is 24.3 Å². The molecule has 1 unspecified atom stereocenters. The van der Waals surface area contributed by atoms with Crippen molar-refractivity contribution >= 4 is 0 Å². The van der Waals surface area contributed by atoms with Crippen molar-refractivity contribution in [1.82, 2.24) is 0 Å². The lowest BCUT2D eigenvalue weighted by Gasteiger charge is -2.25. The Kier molecular flexibility index (Phi) is 5.79. The average Bonchev–Trinajstić information content (AvgIpc) is 2.37. The minimum absolute atomic E-state index is 0.197. The predicted molar refractivity (Wildman–Crippen MR) is 72.4 cm³/mol. The third-order valence-corrected chi connectivity index (χ3v) is 3.29. The Morgan fingerprint density at radius 3 is 2.50 bits per heavy atom. The van der Waals surface area contributed by atoms with Crippen molar-refractivity contribution < 1.29 is 14.6 Å². The van der Waals surface area contributed by atoms with Gasteiger partial charge in [-0.2, -0.15) is 0 Å². The molecular formula is C15H24O3. The van der Waals surface area contributed by atoms with E-state index in [1.165, 1.54) is 0 Å². The molecule has 0 aliphatic rings. The third kappa shape index (κ3) is 4.41. The molecule has 3 heteroatoms. The predicted octanol–water partition coefficient (Wildman–Crippen LogP) is 3.07. The van der Waals surface area contributed by atoms with E-state index in [1.807, 2.05) is 38.1 Å². The molecule has 0 aliphatic carbocycles. The van der Waals surface area contributed by atoms with Crippen LogP contribution in [0.15, 0.2) is 24.3 Å². The van der Waals surface area contributed by atoms with E-state index >= 15 is 0 Å². The highest BCUT2D eigenvalue weighted by Gasteiger charge is 2.20. The summed E-state index contributed by atoms with van der Waals surface area (Å²) in [5, 5.41) is 10.3. The van der Waals surface area contributed by atoms with Gasteiger partial charge >= 0.3 is 0 Å². The molecule has 0 saturated carbocycles. The van der Waals surface area contributed by atoms with Gasteiger partial charge in [0.15, 0.2) is 0 Å². The van der Waals surface area contributed by atoms with Crippen LogP contribution < -0.4 is 0 Å². The van der Waals surface area contributed by atoms with E-state index in [0.717, 1.165) is 17.5 Å². The van der Waals surface area contributed by atoms with E-state index in [1.54, 1.807) is 14.2 Å². The smallest absolute Gasteiger partial charge is 0.0794 e. The summed E-state index contributed by atoms with van der Waals surface area (Å²) in [5.74, 6) is 0. The molecule has 0 bridgehead atoms. The number of methoxy groups -OCH3 is 2. The van der Waals surface area contributed by atoms with Crippen LogP contribution in [-0.4, -0.2) is 24.9 Å². The molecule has 3 nitrogen and oxygen atoms in total. The molecular weight excluding hydrogens is 228 g/mol. The Labute approximate surface area is 110 Å². The molecule has 1 N–H and O–H groups in total. The summed E-state index contributed by atoms with van der Waals surface area (Å²) in [6.45, 7) is 4.59. The minimum atomic E-state index is -0.467. The Bertz CT molecular complexity index is 361. The molecule has 1 rings (SSSR count). The molecule has 0 aliphatic heterocycles. The van der Waals surface area contributed by atoms with Crippen molar-refractivity contribution in [3.63, 3.8) is 0 Å². The van der Waals surface area contributed by atoms with Gasteiger partial charge < -0.3 is 14.6 Å². The van der Waals surface area contributed by atoms with Gasteiger partial charge in [0, 0.05) is 14.2 Å². The second-order valence-electron chi connectivity index (χ2n) is 5.15. The van der Waals surface area contributed by atoms with Crippen LogP contribution in [0.2, 0.25) is 0 Å². The zero-order valence-electron chi connectivity index (χ0n) is 11.8. The molecule has 0 amide bonds. The van der Waals surface area contributed by atoms with Crippen LogP contribution in [0.3, 0.4) is 0 Å². The molecule has 18 heavy (non-hydrogen) atoms. The highest BCUT2D eigenvalue weighted by Crippen LogP contribution is 2.26. The van der Waals surface area contributed by atoms with Gasteiger partial charge in [-0.05, 0) is 37.8 Å². The van der Waals surface area contributed by atoms with Crippen LogP contribution in [0.5, 0.6) is 0 Å². The normalized spacial score (nSPS) is 13.6. The first-order chi connectivity index (χ1) is 8.50. The van der Waals surface area contributed by atoms with Crippen LogP contribution in [0.25, 0.3) is 0 Å². The zero-order chi connectivity index (χ0) is 13.6. The number of aliphatic hydroxyl groups excluding tert-OH is 1. The first-order valence-corrected chi connectivity index (χ1v) is 6.30. The molecule has 0 heterocycles. The fraction of sp³-hybridized carbons (Fsp3) is 0.600. The van der Waals surface area contributed by atoms with E-state index < -0.39 is 6.10 Å². The summed E-state index contributed by atoms with van der Waals surface area (Å²) >= 11 is 0. The Balaban J connectivity index is 2.69. The molecule has 0 fully saturated rings. The van der Waals surface area contributed by atoms with Crippen molar-refractivity contribution in [2.24, 2.45) is 0 Å². The van der Waals surface area contributed by atoms with Crippen LogP contribution >= 0.6 is 0 Å². The lowest BCUT2D eigenvalue weighted by molar-refractivity contribution is 0.00259. The van der Waals surface area contributed by atoms with Gasteiger partial charge in [-0.25, -0.2) is 0 Å². The number of benzene rings is 1. The highest BCUT2D eigenvalue weighted by molar-refractivity contribution is 5.28. The second-order valence-corrected chi connectivity index (χ2v) is 5.15. The van der Waals surface area contributed by atoms with Gasteiger partial charge in [0.25, 0.3) is 0 Å². The van der Waals surface area contributed by atoms with Crippen molar-refractivity contribution in [2.45, 2.75) is 45.0 Å². The Morgan fingerprint density at radius 1 is 1.22 bits per heavy atom. The first kappa shape index (κ1) is 15.2. The molecule has 1 aromatic rings. The van der Waals surface area contributed by atoms with Crippen LogP contribution in [0.4, 0.5) is 0 Å². The molecule has 102 valence electrons. The maximum absolute atomic E-state index is 10.3. The van der Waals surface area contributed by atoms with Gasteiger partial charge in [0.1, 0.15) is 0 Å². The monoisotopic (exact) mass is 252 g/mol. The van der Waals surface area contributed by atoms with Crippen LogP contribution in [0, 0.1) is 0 Å². The number of hydrogen-bond donors (Lipinski definition) is 1. The molecule has 0 aromatic heterocycles. The fourth-order valence-electron chi connectivity index (χ4n) is 1.89. The van der Waals surface area contributed by atoms with Crippen LogP contribution in [0.1, 0.15) is 43.9 Å². The van der Waals surface area contributed by atoms with E-state index in [0.29, 0.717) is 13.0 Å². The lowest BCUT2D eigenvalue weighted by Crippen LogP contribution is -2.23. The standard InChI is InChI=1S/C15H24O3/c1-15(2,18-4)10-9-14(16)13-8-6-5-7-12(13)11-17-3/h5-8,14,16H,9-11H2,1-4H3. The maximum atomic E-state index is 10.3. The van der Waals surface area contributed by atoms with Gasteiger partial charge in [0.05, 0.1) is 18.3 Å².